The molecule has 0 N–H and O–H groups in total. The molecule has 0 radical (unpaired) electrons. The van der Waals surface area contributed by atoms with Crippen LogP contribution in [0.15, 0.2) is 23.3 Å². The molecule has 0 aromatic rings. The van der Waals surface area contributed by atoms with E-state index in [1.54, 1.807) is 11.1 Å². The first-order chi connectivity index (χ1) is 8.50. The van der Waals surface area contributed by atoms with Gasteiger partial charge in [0.25, 0.3) is 0 Å². The average molecular weight is 244 g/mol. The van der Waals surface area contributed by atoms with Gasteiger partial charge in [0.15, 0.2) is 0 Å². The fraction of sp³-hybridized carbons (Fsp3) is 0.778. The summed E-state index contributed by atoms with van der Waals surface area (Å²) in [4.78, 5) is 0. The molecule has 0 saturated heterocycles. The van der Waals surface area contributed by atoms with E-state index in [4.69, 9.17) is 0 Å². The summed E-state index contributed by atoms with van der Waals surface area (Å²) in [7, 11) is 0. The molecule has 0 aliphatic heterocycles. The molecule has 100 valence electrons. The SMILES string of the molecule is CCC1=CC2=CC[C@@]3(C)[C@@H](CC[C@@H]3C)[C@@]2(C)CC1. The van der Waals surface area contributed by atoms with Crippen LogP contribution in [-0.2, 0) is 0 Å². The lowest BCUT2D eigenvalue weighted by Crippen LogP contribution is -2.43. The van der Waals surface area contributed by atoms with E-state index < -0.39 is 0 Å². The second kappa shape index (κ2) is 3.99. The van der Waals surface area contributed by atoms with Gasteiger partial charge < -0.3 is 0 Å². The second-order valence-electron chi connectivity index (χ2n) is 7.47. The minimum absolute atomic E-state index is 0.483. The van der Waals surface area contributed by atoms with Crippen LogP contribution in [0.4, 0.5) is 0 Å². The Hall–Kier alpha value is -0.520. The summed E-state index contributed by atoms with van der Waals surface area (Å²) in [5.41, 5.74) is 4.42. The molecule has 0 unspecified atom stereocenters. The number of allylic oxidation sites excluding steroid dienone is 4. The van der Waals surface area contributed by atoms with Crippen molar-refractivity contribution in [2.24, 2.45) is 22.7 Å². The summed E-state index contributed by atoms with van der Waals surface area (Å²) >= 11 is 0. The Morgan fingerprint density at radius 1 is 1.28 bits per heavy atom. The average Bonchev–Trinajstić information content (AvgIpc) is 2.66. The van der Waals surface area contributed by atoms with Gasteiger partial charge in [-0.3, -0.25) is 0 Å². The Kier molecular flexibility index (Phi) is 2.77. The van der Waals surface area contributed by atoms with Gasteiger partial charge in [-0.25, -0.2) is 0 Å². The maximum absolute atomic E-state index is 2.59. The van der Waals surface area contributed by atoms with E-state index in [0.29, 0.717) is 10.8 Å². The van der Waals surface area contributed by atoms with Crippen LogP contribution >= 0.6 is 0 Å². The van der Waals surface area contributed by atoms with Crippen LogP contribution in [0.25, 0.3) is 0 Å². The van der Waals surface area contributed by atoms with Crippen molar-refractivity contribution in [1.82, 2.24) is 0 Å². The summed E-state index contributed by atoms with van der Waals surface area (Å²) in [6.45, 7) is 9.91. The van der Waals surface area contributed by atoms with Crippen LogP contribution in [0.2, 0.25) is 0 Å². The zero-order valence-corrected chi connectivity index (χ0v) is 12.6. The highest BCUT2D eigenvalue weighted by molar-refractivity contribution is 5.38. The zero-order chi connectivity index (χ0) is 13.0. The highest BCUT2D eigenvalue weighted by Crippen LogP contribution is 2.64. The van der Waals surface area contributed by atoms with E-state index >= 15 is 0 Å². The van der Waals surface area contributed by atoms with Crippen molar-refractivity contribution in [2.45, 2.75) is 66.2 Å². The van der Waals surface area contributed by atoms with Crippen LogP contribution in [0, 0.1) is 22.7 Å². The first-order valence-corrected chi connectivity index (χ1v) is 7.91. The molecule has 0 aromatic carbocycles. The minimum Gasteiger partial charge on any atom is -0.0802 e. The molecule has 0 aromatic heterocycles. The third kappa shape index (κ3) is 1.50. The summed E-state index contributed by atoms with van der Waals surface area (Å²) in [6.07, 6.45) is 13.3. The van der Waals surface area contributed by atoms with E-state index in [1.165, 1.54) is 38.5 Å². The Bertz CT molecular complexity index is 414. The zero-order valence-electron chi connectivity index (χ0n) is 12.6. The topological polar surface area (TPSA) is 0 Å². The number of fused-ring (bicyclic) bond motifs is 3. The Balaban J connectivity index is 2.02. The van der Waals surface area contributed by atoms with Gasteiger partial charge >= 0.3 is 0 Å². The minimum atomic E-state index is 0.483. The smallest absolute Gasteiger partial charge is 0.00418 e. The quantitative estimate of drug-likeness (QED) is 0.571. The molecule has 1 fully saturated rings. The third-order valence-corrected chi connectivity index (χ3v) is 6.78. The van der Waals surface area contributed by atoms with Crippen LogP contribution in [0.1, 0.15) is 66.2 Å². The lowest BCUT2D eigenvalue weighted by molar-refractivity contribution is 0.0560. The molecule has 0 heterocycles. The molecule has 18 heavy (non-hydrogen) atoms. The molecule has 3 rings (SSSR count). The third-order valence-electron chi connectivity index (χ3n) is 6.78. The number of hydrogen-bond donors (Lipinski definition) is 0. The van der Waals surface area contributed by atoms with Gasteiger partial charge in [0, 0.05) is 0 Å². The van der Waals surface area contributed by atoms with E-state index in [0.717, 1.165) is 11.8 Å². The van der Waals surface area contributed by atoms with Gasteiger partial charge in [-0.05, 0) is 66.8 Å². The highest BCUT2D eigenvalue weighted by atomic mass is 14.6. The maximum atomic E-state index is 2.59. The molecule has 1 saturated carbocycles. The van der Waals surface area contributed by atoms with Gasteiger partial charge in [0.05, 0.1) is 0 Å². The fourth-order valence-corrected chi connectivity index (χ4v) is 5.11. The standard InChI is InChI=1S/C18H28/c1-5-14-8-10-18(4)15(12-14)9-11-17(3)13(2)6-7-16(17)18/h9,12-13,16H,5-8,10-11H2,1-4H3/t13-,16+,17+,18-/m0/s1. The first-order valence-electron chi connectivity index (χ1n) is 7.91. The van der Waals surface area contributed by atoms with Gasteiger partial charge in [-0.1, -0.05) is 45.4 Å². The van der Waals surface area contributed by atoms with Crippen molar-refractivity contribution < 1.29 is 0 Å². The molecule has 0 heteroatoms. The monoisotopic (exact) mass is 244 g/mol. The van der Waals surface area contributed by atoms with Crippen LogP contribution in [0.3, 0.4) is 0 Å². The lowest BCUT2D eigenvalue weighted by Gasteiger charge is -2.52. The van der Waals surface area contributed by atoms with Crippen molar-refractivity contribution in [3.8, 4) is 0 Å². The Labute approximate surface area is 113 Å². The highest BCUT2D eigenvalue weighted by Gasteiger charge is 2.55. The predicted octanol–water partition coefficient (Wildman–Crippen LogP) is 5.51. The maximum Gasteiger partial charge on any atom is -0.00418 e. The number of hydrogen-bond acceptors (Lipinski definition) is 0. The predicted molar refractivity (Wildman–Crippen MR) is 78.4 cm³/mol. The van der Waals surface area contributed by atoms with Crippen molar-refractivity contribution in [1.29, 1.82) is 0 Å². The molecule has 0 amide bonds. The summed E-state index contributed by atoms with van der Waals surface area (Å²) in [5.74, 6) is 1.84. The first kappa shape index (κ1) is 12.5. The van der Waals surface area contributed by atoms with E-state index in [9.17, 15) is 0 Å². The van der Waals surface area contributed by atoms with E-state index in [1.807, 2.05) is 0 Å². The largest absolute Gasteiger partial charge is 0.0802 e. The van der Waals surface area contributed by atoms with Crippen molar-refractivity contribution in [3.05, 3.63) is 23.3 Å². The van der Waals surface area contributed by atoms with Gasteiger partial charge in [-0.2, -0.15) is 0 Å². The second-order valence-corrected chi connectivity index (χ2v) is 7.47. The molecule has 0 bridgehead atoms. The van der Waals surface area contributed by atoms with Gasteiger partial charge in [0.2, 0.25) is 0 Å². The lowest BCUT2D eigenvalue weighted by atomic mass is 9.52. The Morgan fingerprint density at radius 2 is 2.06 bits per heavy atom. The molecule has 4 atom stereocenters. The van der Waals surface area contributed by atoms with Gasteiger partial charge in [0.1, 0.15) is 0 Å². The van der Waals surface area contributed by atoms with Crippen LogP contribution in [0.5, 0.6) is 0 Å². The van der Waals surface area contributed by atoms with E-state index in [-0.39, 0.29) is 0 Å². The molecule has 0 spiro atoms. The van der Waals surface area contributed by atoms with Crippen molar-refractivity contribution in [3.63, 3.8) is 0 Å². The van der Waals surface area contributed by atoms with Crippen molar-refractivity contribution in [2.75, 3.05) is 0 Å². The molecular weight excluding hydrogens is 216 g/mol. The molecule has 3 aliphatic carbocycles. The van der Waals surface area contributed by atoms with E-state index in [2.05, 4.69) is 39.8 Å². The molecule has 3 aliphatic rings. The van der Waals surface area contributed by atoms with Gasteiger partial charge in [-0.15, -0.1) is 0 Å². The van der Waals surface area contributed by atoms with Crippen molar-refractivity contribution >= 4 is 0 Å². The number of rotatable bonds is 1. The van der Waals surface area contributed by atoms with Crippen LogP contribution < -0.4 is 0 Å². The van der Waals surface area contributed by atoms with Crippen LogP contribution in [-0.4, -0.2) is 0 Å². The normalized spacial score (nSPS) is 47.1. The summed E-state index contributed by atoms with van der Waals surface area (Å²) in [5, 5.41) is 0. The summed E-state index contributed by atoms with van der Waals surface area (Å²) < 4.78 is 0. The Morgan fingerprint density at radius 3 is 2.78 bits per heavy atom. The summed E-state index contributed by atoms with van der Waals surface area (Å²) in [6, 6.07) is 0. The molecular formula is C18H28. The molecule has 0 nitrogen and oxygen atoms in total. The fourth-order valence-electron chi connectivity index (χ4n) is 5.11.